The number of hydrogen-bond donors (Lipinski definition) is 14. The molecule has 4 aromatic rings. The number of nitrogens with two attached hydrogens (primary N) is 2. The van der Waals surface area contributed by atoms with Gasteiger partial charge >= 0.3 is 18.2 Å². The van der Waals surface area contributed by atoms with Crippen molar-refractivity contribution < 1.29 is 72.1 Å². The molecule has 4 aromatic carbocycles. The number of alkyl carbamates (subject to hydrolysis) is 2. The number of piperazine rings is 2. The Hall–Kier alpha value is -10.00. The van der Waals surface area contributed by atoms with E-state index in [1.165, 1.54) is 4.90 Å². The standard InChI is InChI=1S/C40H59N5O9.C34H49N7O5.C4H8N2O/c1-26(2)23-30(33(46)42-29(36(49)50)21-15-16-22-41-37(51)53-39(3,4)5)43-34(47)31(24-27-17-11-9-12-18-27)44-35(48)32(25-28-19-13-10-14-20-28)45-38(52)54-40(6,7)8;1-23(2)19-28(32(44)38-27(15-9-10-16-35)34(46)41-18-17-37-30(42)22-41)40-33(45)29(21-25-13-7-4-8-14-25)39-31(43)26(36)20-24-11-5-3-6-12-24;7-4-3-5-1-2-6-4/h9-14,17-20,26,29-32H,15-16,21-25H2,1-8H3,(H,41,51)(H,42,46)(H,43,47)(H,44,48)(H,45,52)(H,49,50);3-8,11-14,23,26-29H,9-10,15-22,35-36H2,1-2H3,(H,37,42)(H,38,44)(H,39,43)(H,40,45);5H,1-3H2,(H,6,7)/t29-,30-,31-,32-;26-,27-,28-,29-;/m11./s1. The number of nitrogens with zero attached hydrogens (tertiary/aromatic N) is 1. The summed E-state index contributed by atoms with van der Waals surface area (Å²) in [5, 5.41) is 40.1. The van der Waals surface area contributed by atoms with E-state index in [0.717, 1.165) is 35.3 Å². The minimum absolute atomic E-state index is 0.0229. The van der Waals surface area contributed by atoms with Gasteiger partial charge in [0.05, 0.1) is 19.1 Å². The van der Waals surface area contributed by atoms with Crippen LogP contribution in [0.5, 0.6) is 0 Å². The summed E-state index contributed by atoms with van der Waals surface area (Å²) in [5.41, 5.74) is 13.6. The minimum Gasteiger partial charge on any atom is -0.480 e. The number of carboxylic acids is 1. The number of unbranched alkanes of at least 4 members (excludes halogenated alkanes) is 2. The van der Waals surface area contributed by atoms with Crippen LogP contribution >= 0.6 is 0 Å². The molecule has 0 aromatic heterocycles. The fourth-order valence-electron chi connectivity index (χ4n) is 11.2. The lowest BCUT2D eigenvalue weighted by atomic mass is 9.99. The second kappa shape index (κ2) is 46.8. The van der Waals surface area contributed by atoms with Gasteiger partial charge < -0.3 is 89.4 Å². The molecular formula is C78H116N14O15. The molecule has 29 heteroatoms. The molecule has 0 spiro atoms. The summed E-state index contributed by atoms with van der Waals surface area (Å²) < 4.78 is 10.6. The Morgan fingerprint density at radius 2 is 0.850 bits per heavy atom. The Morgan fingerprint density at radius 1 is 0.467 bits per heavy atom. The maximum atomic E-state index is 14.0. The highest BCUT2D eigenvalue weighted by Crippen LogP contribution is 2.16. The monoisotopic (exact) mass is 1490 g/mol. The average Bonchev–Trinajstić information content (AvgIpc) is 0.846. The van der Waals surface area contributed by atoms with Crippen LogP contribution < -0.4 is 70.0 Å². The van der Waals surface area contributed by atoms with E-state index in [1.807, 2.05) is 125 Å². The van der Waals surface area contributed by atoms with E-state index in [2.05, 4.69) is 58.5 Å². The Bertz CT molecular complexity index is 3440. The first kappa shape index (κ1) is 89.4. The van der Waals surface area contributed by atoms with Gasteiger partial charge in [0.1, 0.15) is 53.5 Å². The van der Waals surface area contributed by atoms with Crippen LogP contribution in [0.2, 0.25) is 0 Å². The predicted octanol–water partition coefficient (Wildman–Crippen LogP) is 3.74. The maximum Gasteiger partial charge on any atom is 0.408 e. The predicted molar refractivity (Wildman–Crippen MR) is 406 cm³/mol. The van der Waals surface area contributed by atoms with Crippen LogP contribution in [-0.4, -0.2) is 193 Å². The summed E-state index contributed by atoms with van der Waals surface area (Å²) in [6, 6.07) is 28.3. The maximum absolute atomic E-state index is 14.0. The molecular weight excluding hydrogens is 1370 g/mol. The smallest absolute Gasteiger partial charge is 0.408 e. The number of carbonyl (C=O) groups excluding carboxylic acids is 11. The van der Waals surface area contributed by atoms with E-state index in [1.54, 1.807) is 65.8 Å². The van der Waals surface area contributed by atoms with Crippen molar-refractivity contribution in [2.45, 2.75) is 206 Å². The Balaban J connectivity index is 0.000000417. The lowest BCUT2D eigenvalue weighted by Crippen LogP contribution is -2.60. The first-order valence-electron chi connectivity index (χ1n) is 36.8. The molecule has 588 valence electrons. The highest BCUT2D eigenvalue weighted by Gasteiger charge is 2.36. The van der Waals surface area contributed by atoms with Crippen molar-refractivity contribution in [1.29, 1.82) is 0 Å². The van der Waals surface area contributed by atoms with Crippen molar-refractivity contribution in [3.8, 4) is 0 Å². The van der Waals surface area contributed by atoms with Gasteiger partial charge in [-0.15, -0.1) is 0 Å². The van der Waals surface area contributed by atoms with Crippen molar-refractivity contribution in [2.24, 2.45) is 23.3 Å². The molecule has 0 aliphatic carbocycles. The molecule has 107 heavy (non-hydrogen) atoms. The number of ether oxygens (including phenoxy) is 2. The molecule has 16 N–H and O–H groups in total. The molecule has 2 saturated heterocycles. The summed E-state index contributed by atoms with van der Waals surface area (Å²) in [6.07, 6.45) is 2.27. The van der Waals surface area contributed by atoms with Crippen LogP contribution in [0.15, 0.2) is 121 Å². The van der Waals surface area contributed by atoms with Gasteiger partial charge in [-0.25, -0.2) is 14.4 Å². The highest BCUT2D eigenvalue weighted by molar-refractivity contribution is 5.97. The summed E-state index contributed by atoms with van der Waals surface area (Å²) >= 11 is 0. The van der Waals surface area contributed by atoms with Crippen LogP contribution in [0, 0.1) is 11.8 Å². The lowest BCUT2D eigenvalue weighted by Gasteiger charge is -2.32. The number of rotatable bonds is 36. The molecule has 2 aliphatic heterocycles. The number of benzene rings is 4. The van der Waals surface area contributed by atoms with E-state index < -0.39 is 113 Å². The Kier molecular flexibility index (Phi) is 39.1. The molecule has 11 amide bonds. The van der Waals surface area contributed by atoms with Crippen LogP contribution in [0.3, 0.4) is 0 Å². The van der Waals surface area contributed by atoms with E-state index in [4.69, 9.17) is 20.9 Å². The zero-order chi connectivity index (χ0) is 79.1. The first-order valence-corrected chi connectivity index (χ1v) is 36.8. The summed E-state index contributed by atoms with van der Waals surface area (Å²) in [6.45, 7) is 21.4. The molecule has 2 heterocycles. The van der Waals surface area contributed by atoms with Gasteiger partial charge in [-0.05, 0) is 140 Å². The number of aliphatic carboxylic acids is 1. The highest BCUT2D eigenvalue weighted by atomic mass is 16.6. The van der Waals surface area contributed by atoms with Crippen molar-refractivity contribution in [3.63, 3.8) is 0 Å². The number of carboxylic acid groups (broad SMARTS) is 1. The van der Waals surface area contributed by atoms with Gasteiger partial charge in [0.15, 0.2) is 0 Å². The van der Waals surface area contributed by atoms with Crippen LogP contribution in [0.4, 0.5) is 9.59 Å². The van der Waals surface area contributed by atoms with Gasteiger partial charge in [0.25, 0.3) is 0 Å². The second-order valence-electron chi connectivity index (χ2n) is 29.4. The van der Waals surface area contributed by atoms with Crippen molar-refractivity contribution >= 4 is 71.3 Å². The van der Waals surface area contributed by atoms with Crippen LogP contribution in [0.1, 0.15) is 143 Å². The zero-order valence-corrected chi connectivity index (χ0v) is 63.7. The topological polar surface area (TPSA) is 431 Å². The van der Waals surface area contributed by atoms with Crippen LogP contribution in [0.25, 0.3) is 0 Å². The minimum atomic E-state index is -1.25. The van der Waals surface area contributed by atoms with E-state index >= 15 is 0 Å². The Labute approximate surface area is 629 Å². The van der Waals surface area contributed by atoms with Crippen LogP contribution in [-0.2, 0) is 83.1 Å². The molecule has 2 aliphatic rings. The molecule has 6 rings (SSSR count). The second-order valence-corrected chi connectivity index (χ2v) is 29.4. The molecule has 2 fully saturated rings. The summed E-state index contributed by atoms with van der Waals surface area (Å²) in [7, 11) is 0. The number of amides is 11. The molecule has 8 atom stereocenters. The first-order chi connectivity index (χ1) is 50.7. The number of hydrogen-bond acceptors (Lipinski definition) is 17. The molecule has 0 bridgehead atoms. The number of nitrogens with one attached hydrogen (secondary N) is 11. The Morgan fingerprint density at radius 3 is 1.25 bits per heavy atom. The zero-order valence-electron chi connectivity index (χ0n) is 63.7. The third-order valence-corrected chi connectivity index (χ3v) is 16.5. The van der Waals surface area contributed by atoms with E-state index in [0.29, 0.717) is 71.1 Å². The molecule has 0 saturated carbocycles. The van der Waals surface area contributed by atoms with Gasteiger partial charge in [0.2, 0.25) is 53.2 Å². The van der Waals surface area contributed by atoms with Gasteiger partial charge in [0, 0.05) is 52.0 Å². The van der Waals surface area contributed by atoms with Gasteiger partial charge in [-0.1, -0.05) is 149 Å². The molecule has 0 radical (unpaired) electrons. The third kappa shape index (κ3) is 37.2. The fourth-order valence-corrected chi connectivity index (χ4v) is 11.2. The summed E-state index contributed by atoms with van der Waals surface area (Å²) in [5.74, 6) is -5.32. The SMILES string of the molecule is CC(C)C[C@@H](NC(=O)[C@@H](Cc1ccccc1)NC(=O)[C@@H](Cc1ccccc1)NC(=O)OC(C)(C)C)C(=O)N[C@H](CCCCNC(=O)OC(C)(C)C)C(=O)O.CC(C)C[C@@H](NC(=O)[C@@H](Cc1ccccc1)NC(=O)[C@H](N)Cc1ccccc1)C(=O)N[C@H](CCCCN)C(=O)N1CCNC(=O)C1.O=C1CNCCN1. The van der Waals surface area contributed by atoms with E-state index in [9.17, 15) is 62.6 Å². The third-order valence-electron chi connectivity index (χ3n) is 16.5. The van der Waals surface area contributed by atoms with Gasteiger partial charge in [-0.3, -0.25) is 43.2 Å². The largest absolute Gasteiger partial charge is 0.480 e. The average molecular weight is 1490 g/mol. The summed E-state index contributed by atoms with van der Waals surface area (Å²) in [4.78, 5) is 156. The molecule has 0 unspecified atom stereocenters. The van der Waals surface area contributed by atoms with Crippen molar-refractivity contribution in [2.75, 3.05) is 52.4 Å². The fraction of sp³-hybridized carbons (Fsp3) is 0.538. The van der Waals surface area contributed by atoms with Crippen molar-refractivity contribution in [1.82, 2.24) is 63.4 Å². The molecule has 29 nitrogen and oxygen atoms in total. The number of carbonyl (C=O) groups is 12. The van der Waals surface area contributed by atoms with Crippen molar-refractivity contribution in [3.05, 3.63) is 144 Å². The quantitative estimate of drug-likeness (QED) is 0.0288. The lowest BCUT2D eigenvalue weighted by molar-refractivity contribution is -0.142. The van der Waals surface area contributed by atoms with E-state index in [-0.39, 0.29) is 74.8 Å². The van der Waals surface area contributed by atoms with Gasteiger partial charge in [-0.2, -0.15) is 0 Å². The normalized spacial score (nSPS) is 15.1.